The minimum absolute atomic E-state index is 0.145. The Morgan fingerprint density at radius 1 is 0.837 bits per heavy atom. The van der Waals surface area contributed by atoms with Gasteiger partial charge in [-0.2, -0.15) is 0 Å². The molecule has 1 aromatic heterocycles. The Balaban J connectivity index is 1.69. The van der Waals surface area contributed by atoms with Crippen molar-refractivity contribution in [1.29, 1.82) is 0 Å². The van der Waals surface area contributed by atoms with Crippen LogP contribution in [0.5, 0.6) is 0 Å². The highest BCUT2D eigenvalue weighted by Gasteiger charge is 2.41. The molecule has 43 heavy (non-hydrogen) atoms. The third kappa shape index (κ3) is 6.03. The molecule has 1 aliphatic rings. The van der Waals surface area contributed by atoms with Gasteiger partial charge in [-0.15, -0.1) is 0 Å². The summed E-state index contributed by atoms with van der Waals surface area (Å²) in [7, 11) is 0. The van der Waals surface area contributed by atoms with Gasteiger partial charge in [0.05, 0.1) is 35.1 Å². The number of hydrogen-bond donors (Lipinski definition) is 0. The maximum absolute atomic E-state index is 13.5. The largest absolute Gasteiger partial charge is 0.464 e. The van der Waals surface area contributed by atoms with E-state index in [1.54, 1.807) is 32.1 Å². The number of thioether (sulfide) groups is 1. The molecule has 0 bridgehead atoms. The summed E-state index contributed by atoms with van der Waals surface area (Å²) < 4.78 is 12.3. The first-order valence-corrected chi connectivity index (χ1v) is 14.7. The summed E-state index contributed by atoms with van der Waals surface area (Å²) >= 11 is 0.791. The van der Waals surface area contributed by atoms with E-state index in [9.17, 15) is 19.2 Å². The van der Waals surface area contributed by atoms with E-state index in [-0.39, 0.29) is 18.1 Å². The van der Waals surface area contributed by atoms with E-state index in [0.29, 0.717) is 11.1 Å². The molecule has 0 spiro atoms. The fourth-order valence-corrected chi connectivity index (χ4v) is 5.80. The molecule has 1 aliphatic heterocycles. The molecule has 5 rings (SSSR count). The number of benzene rings is 3. The van der Waals surface area contributed by atoms with Crippen LogP contribution in [0.25, 0.3) is 34.3 Å². The zero-order valence-electron chi connectivity index (χ0n) is 24.0. The standard InChI is InChI=1S/C34H30N2O6S/c1-4-41-32(38)22(3)35-31(37)29(43-34(35)40)21-26-20-28(23-12-8-6-9-13-23)36(30(26)24-14-10-7-11-15-24)27-18-16-25(17-19-27)33(39)42-5-2/h6-22H,4-5H2,1-3H3/b29-21-/t22-/m0/s1. The Morgan fingerprint density at radius 2 is 1.44 bits per heavy atom. The van der Waals surface area contributed by atoms with Gasteiger partial charge in [0.25, 0.3) is 11.1 Å². The summed E-state index contributed by atoms with van der Waals surface area (Å²) in [5, 5.41) is -0.532. The Bertz CT molecular complexity index is 1690. The van der Waals surface area contributed by atoms with Gasteiger partial charge < -0.3 is 14.0 Å². The molecule has 0 saturated carbocycles. The quantitative estimate of drug-likeness (QED) is 0.152. The third-order valence-corrected chi connectivity index (χ3v) is 7.79. The molecule has 1 saturated heterocycles. The van der Waals surface area contributed by atoms with Crippen LogP contribution in [0.2, 0.25) is 0 Å². The van der Waals surface area contributed by atoms with Crippen LogP contribution in [0.4, 0.5) is 4.79 Å². The summed E-state index contributed by atoms with van der Waals surface area (Å²) in [5.41, 5.74) is 5.36. The number of imide groups is 1. The number of amides is 2. The van der Waals surface area contributed by atoms with Crippen molar-refractivity contribution in [2.24, 2.45) is 0 Å². The average molecular weight is 595 g/mol. The Labute approximate surface area is 253 Å². The van der Waals surface area contributed by atoms with Crippen molar-refractivity contribution in [1.82, 2.24) is 9.47 Å². The highest BCUT2D eigenvalue weighted by atomic mass is 32.2. The predicted octanol–water partition coefficient (Wildman–Crippen LogP) is 6.98. The first-order valence-electron chi connectivity index (χ1n) is 13.9. The average Bonchev–Trinajstić information content (AvgIpc) is 3.54. The molecule has 0 N–H and O–H groups in total. The Kier molecular flexibility index (Phi) is 8.92. The van der Waals surface area contributed by atoms with Gasteiger partial charge in [-0.1, -0.05) is 60.7 Å². The summed E-state index contributed by atoms with van der Waals surface area (Å²) in [6, 6.07) is 27.6. The van der Waals surface area contributed by atoms with Gasteiger partial charge in [0.2, 0.25) is 0 Å². The molecule has 0 aliphatic carbocycles. The maximum atomic E-state index is 13.5. The summed E-state index contributed by atoms with van der Waals surface area (Å²) in [5.74, 6) is -1.59. The maximum Gasteiger partial charge on any atom is 0.338 e. The zero-order chi connectivity index (χ0) is 30.5. The van der Waals surface area contributed by atoms with Crippen LogP contribution in [0.1, 0.15) is 36.7 Å². The van der Waals surface area contributed by atoms with Gasteiger partial charge in [-0.3, -0.25) is 14.5 Å². The SMILES string of the molecule is CCOC(=O)c1ccc(-n2c(-c3ccccc3)cc(/C=C3\SC(=O)N([C@@H](C)C(=O)OCC)C3=O)c2-c2ccccc2)cc1. The zero-order valence-corrected chi connectivity index (χ0v) is 24.8. The van der Waals surface area contributed by atoms with Gasteiger partial charge in [-0.05, 0) is 80.1 Å². The number of rotatable bonds is 9. The molecule has 1 atom stereocenters. The lowest BCUT2D eigenvalue weighted by atomic mass is 10.1. The molecule has 2 amide bonds. The van der Waals surface area contributed by atoms with Crippen molar-refractivity contribution in [2.45, 2.75) is 26.8 Å². The van der Waals surface area contributed by atoms with Crippen molar-refractivity contribution in [2.75, 3.05) is 13.2 Å². The molecule has 0 unspecified atom stereocenters. The Hall–Kier alpha value is -4.89. The second kappa shape index (κ2) is 13.0. The predicted molar refractivity (Wildman–Crippen MR) is 167 cm³/mol. The number of ether oxygens (including phenoxy) is 2. The smallest absolute Gasteiger partial charge is 0.338 e. The van der Waals surface area contributed by atoms with E-state index in [2.05, 4.69) is 4.57 Å². The molecule has 218 valence electrons. The fourth-order valence-electron chi connectivity index (χ4n) is 4.91. The number of carbonyl (C=O) groups excluding carboxylic acids is 4. The van der Waals surface area contributed by atoms with Crippen LogP contribution in [0.15, 0.2) is 95.9 Å². The van der Waals surface area contributed by atoms with E-state index in [1.807, 2.05) is 78.9 Å². The highest BCUT2D eigenvalue weighted by Crippen LogP contribution is 2.40. The molecular formula is C34H30N2O6S. The first kappa shape index (κ1) is 29.6. The number of nitrogens with zero attached hydrogens (tertiary/aromatic N) is 2. The van der Waals surface area contributed by atoms with Gasteiger partial charge in [0, 0.05) is 11.3 Å². The number of aromatic nitrogens is 1. The third-order valence-electron chi connectivity index (χ3n) is 6.91. The van der Waals surface area contributed by atoms with Crippen LogP contribution in [0, 0.1) is 0 Å². The molecule has 0 radical (unpaired) electrons. The highest BCUT2D eigenvalue weighted by molar-refractivity contribution is 8.18. The van der Waals surface area contributed by atoms with Crippen LogP contribution >= 0.6 is 11.8 Å². The van der Waals surface area contributed by atoms with Crippen molar-refractivity contribution in [3.63, 3.8) is 0 Å². The number of carbonyl (C=O) groups is 4. The molecule has 1 fully saturated rings. The van der Waals surface area contributed by atoms with Crippen LogP contribution in [0.3, 0.4) is 0 Å². The van der Waals surface area contributed by atoms with Crippen molar-refractivity contribution < 1.29 is 28.7 Å². The van der Waals surface area contributed by atoms with Crippen molar-refractivity contribution in [3.05, 3.63) is 107 Å². The normalized spacial score (nSPS) is 14.7. The lowest BCUT2D eigenvalue weighted by molar-refractivity contribution is -0.150. The van der Waals surface area contributed by atoms with Crippen molar-refractivity contribution in [3.8, 4) is 28.2 Å². The molecule has 4 aromatic rings. The molecule has 9 heteroatoms. The van der Waals surface area contributed by atoms with Gasteiger partial charge in [-0.25, -0.2) is 9.59 Å². The lowest BCUT2D eigenvalue weighted by Crippen LogP contribution is -2.42. The second-order valence-corrected chi connectivity index (χ2v) is 10.6. The van der Waals surface area contributed by atoms with E-state index < -0.39 is 29.1 Å². The van der Waals surface area contributed by atoms with Crippen molar-refractivity contribution >= 4 is 40.9 Å². The number of esters is 2. The minimum atomic E-state index is -1.05. The lowest BCUT2D eigenvalue weighted by Gasteiger charge is -2.19. The van der Waals surface area contributed by atoms with Gasteiger partial charge >= 0.3 is 11.9 Å². The van der Waals surface area contributed by atoms with Crippen LogP contribution in [-0.2, 0) is 19.1 Å². The fraction of sp³-hybridized carbons (Fsp3) is 0.176. The summed E-state index contributed by atoms with van der Waals surface area (Å²) in [6.45, 7) is 5.34. The molecule has 2 heterocycles. The van der Waals surface area contributed by atoms with Gasteiger partial charge in [0.15, 0.2) is 0 Å². The minimum Gasteiger partial charge on any atom is -0.464 e. The van der Waals surface area contributed by atoms with Crippen LogP contribution in [-0.4, -0.2) is 51.8 Å². The number of hydrogen-bond acceptors (Lipinski definition) is 7. The second-order valence-electron chi connectivity index (χ2n) is 9.65. The van der Waals surface area contributed by atoms with E-state index in [1.165, 1.54) is 6.92 Å². The van der Waals surface area contributed by atoms with E-state index in [0.717, 1.165) is 44.9 Å². The monoisotopic (exact) mass is 594 g/mol. The topological polar surface area (TPSA) is 94.9 Å². The molecule has 8 nitrogen and oxygen atoms in total. The summed E-state index contributed by atoms with van der Waals surface area (Å²) in [6.07, 6.45) is 1.70. The van der Waals surface area contributed by atoms with E-state index in [4.69, 9.17) is 9.47 Å². The van der Waals surface area contributed by atoms with Gasteiger partial charge in [0.1, 0.15) is 6.04 Å². The van der Waals surface area contributed by atoms with E-state index >= 15 is 0 Å². The molecular weight excluding hydrogens is 564 g/mol. The Morgan fingerprint density at radius 3 is 2.05 bits per heavy atom. The molecule has 3 aromatic carbocycles. The summed E-state index contributed by atoms with van der Waals surface area (Å²) in [4.78, 5) is 52.2. The van der Waals surface area contributed by atoms with Crippen LogP contribution < -0.4 is 0 Å². The first-order chi connectivity index (χ1) is 20.8.